The predicted molar refractivity (Wildman–Crippen MR) is 119 cm³/mol. The average Bonchev–Trinajstić information content (AvgIpc) is 3.26. The number of para-hydroxylation sites is 1. The molecule has 4 rings (SSSR count). The van der Waals surface area contributed by atoms with Gasteiger partial charge in [-0.1, -0.05) is 39.0 Å². The van der Waals surface area contributed by atoms with Gasteiger partial charge in [0.2, 0.25) is 0 Å². The number of pyridine rings is 1. The van der Waals surface area contributed by atoms with E-state index in [9.17, 15) is 4.79 Å². The van der Waals surface area contributed by atoms with E-state index >= 15 is 0 Å². The number of benzene rings is 1. The van der Waals surface area contributed by atoms with Crippen molar-refractivity contribution in [3.8, 4) is 17.3 Å². The monoisotopic (exact) mass is 420 g/mol. The van der Waals surface area contributed by atoms with Crippen LogP contribution < -0.4 is 14.8 Å². The van der Waals surface area contributed by atoms with E-state index in [0.29, 0.717) is 23.1 Å². The lowest BCUT2D eigenvalue weighted by Crippen LogP contribution is -2.25. The van der Waals surface area contributed by atoms with Crippen LogP contribution in [0.15, 0.2) is 48.7 Å². The van der Waals surface area contributed by atoms with Crippen molar-refractivity contribution >= 4 is 11.7 Å². The molecule has 162 valence electrons. The molecule has 0 saturated heterocycles. The zero-order valence-electron chi connectivity index (χ0n) is 18.6. The molecule has 0 unspecified atom stereocenters. The minimum absolute atomic E-state index is 0.140. The number of nitrogens with one attached hydrogen (secondary N) is 1. The fourth-order valence-electron chi connectivity index (χ4n) is 3.51. The molecule has 1 N–H and O–H groups in total. The van der Waals surface area contributed by atoms with Crippen LogP contribution >= 0.6 is 0 Å². The van der Waals surface area contributed by atoms with Gasteiger partial charge in [0.05, 0.1) is 5.69 Å². The molecule has 7 heteroatoms. The van der Waals surface area contributed by atoms with E-state index in [1.54, 1.807) is 10.9 Å². The van der Waals surface area contributed by atoms with Crippen LogP contribution in [0.5, 0.6) is 11.5 Å². The summed E-state index contributed by atoms with van der Waals surface area (Å²) in [7, 11) is 0. The van der Waals surface area contributed by atoms with Gasteiger partial charge >= 0.3 is 0 Å². The minimum atomic E-state index is -0.285. The molecule has 31 heavy (non-hydrogen) atoms. The summed E-state index contributed by atoms with van der Waals surface area (Å²) < 4.78 is 13.5. The highest BCUT2D eigenvalue weighted by Gasteiger charge is 2.32. The molecule has 0 aliphatic carbocycles. The van der Waals surface area contributed by atoms with Crippen LogP contribution in [-0.2, 0) is 16.6 Å². The fraction of sp³-hybridized carbons (Fsp3) is 0.375. The quantitative estimate of drug-likeness (QED) is 0.666. The number of amides is 1. The molecule has 0 spiro atoms. The number of aromatic nitrogens is 3. The number of fused-ring (bicyclic) bond motifs is 1. The third kappa shape index (κ3) is 4.55. The highest BCUT2D eigenvalue weighted by atomic mass is 16.5. The smallest absolute Gasteiger partial charge is 0.263 e. The molecule has 2 aromatic heterocycles. The van der Waals surface area contributed by atoms with Crippen molar-refractivity contribution in [1.82, 2.24) is 14.8 Å². The summed E-state index contributed by atoms with van der Waals surface area (Å²) >= 11 is 0. The third-order valence-electron chi connectivity index (χ3n) is 5.03. The highest BCUT2D eigenvalue weighted by Crippen LogP contribution is 2.41. The van der Waals surface area contributed by atoms with Crippen LogP contribution in [0, 0.1) is 0 Å². The van der Waals surface area contributed by atoms with Gasteiger partial charge in [0.25, 0.3) is 5.91 Å². The van der Waals surface area contributed by atoms with Gasteiger partial charge in [-0.15, -0.1) is 0 Å². The van der Waals surface area contributed by atoms with E-state index in [2.05, 4.69) is 36.2 Å². The van der Waals surface area contributed by atoms with Gasteiger partial charge in [-0.05, 0) is 32.0 Å². The van der Waals surface area contributed by atoms with Crippen LogP contribution in [-0.4, -0.2) is 32.9 Å². The predicted octanol–water partition coefficient (Wildman–Crippen LogP) is 4.30. The molecule has 3 aromatic rings. The molecule has 0 saturated carbocycles. The van der Waals surface area contributed by atoms with E-state index < -0.39 is 0 Å². The van der Waals surface area contributed by atoms with E-state index in [1.807, 2.05) is 56.3 Å². The summed E-state index contributed by atoms with van der Waals surface area (Å²) in [4.78, 5) is 17.1. The molecule has 0 atom stereocenters. The molecular weight excluding hydrogens is 392 g/mol. The zero-order chi connectivity index (χ0) is 22.2. The summed E-state index contributed by atoms with van der Waals surface area (Å²) in [5, 5.41) is 7.58. The molecule has 7 nitrogen and oxygen atoms in total. The van der Waals surface area contributed by atoms with Gasteiger partial charge in [0.1, 0.15) is 11.4 Å². The molecule has 1 aliphatic heterocycles. The molecule has 1 aromatic carbocycles. The first-order chi connectivity index (χ1) is 14.6. The summed E-state index contributed by atoms with van der Waals surface area (Å²) in [5.74, 6) is 2.19. The summed E-state index contributed by atoms with van der Waals surface area (Å²) in [5.41, 5.74) is 1.49. The van der Waals surface area contributed by atoms with Crippen LogP contribution in [0.2, 0.25) is 0 Å². The second-order valence-corrected chi connectivity index (χ2v) is 9.38. The Balaban J connectivity index is 1.51. The SMILES string of the molecule is CC1(C)Cc2cccc(OCC(=O)Nc3cc(C(C)(C)C)nn3-c3ccccn3)c2O1. The molecule has 0 radical (unpaired) electrons. The van der Waals surface area contributed by atoms with E-state index in [0.717, 1.165) is 17.7 Å². The second-order valence-electron chi connectivity index (χ2n) is 9.38. The minimum Gasteiger partial charge on any atom is -0.483 e. The maximum absolute atomic E-state index is 12.7. The van der Waals surface area contributed by atoms with E-state index in [1.165, 1.54) is 0 Å². The Bertz CT molecular complexity index is 1100. The van der Waals surface area contributed by atoms with Gasteiger partial charge in [-0.3, -0.25) is 4.79 Å². The number of hydrogen-bond acceptors (Lipinski definition) is 5. The number of rotatable bonds is 5. The number of anilines is 1. The first-order valence-corrected chi connectivity index (χ1v) is 10.4. The van der Waals surface area contributed by atoms with Crippen molar-refractivity contribution in [3.05, 3.63) is 59.9 Å². The van der Waals surface area contributed by atoms with Crippen molar-refractivity contribution < 1.29 is 14.3 Å². The molecule has 3 heterocycles. The molecule has 0 fully saturated rings. The Labute approximate surface area is 182 Å². The lowest BCUT2D eigenvalue weighted by molar-refractivity contribution is -0.118. The van der Waals surface area contributed by atoms with Gasteiger partial charge in [0, 0.05) is 29.7 Å². The zero-order valence-corrected chi connectivity index (χ0v) is 18.6. The first-order valence-electron chi connectivity index (χ1n) is 10.4. The van der Waals surface area contributed by atoms with Crippen molar-refractivity contribution in [3.63, 3.8) is 0 Å². The lowest BCUT2D eigenvalue weighted by Gasteiger charge is -2.18. The van der Waals surface area contributed by atoms with Crippen molar-refractivity contribution in [2.75, 3.05) is 11.9 Å². The van der Waals surface area contributed by atoms with Gasteiger partial charge in [0.15, 0.2) is 23.9 Å². The Morgan fingerprint density at radius 3 is 2.74 bits per heavy atom. The Morgan fingerprint density at radius 1 is 1.23 bits per heavy atom. The number of carbonyl (C=O) groups is 1. The van der Waals surface area contributed by atoms with E-state index in [4.69, 9.17) is 9.47 Å². The maximum Gasteiger partial charge on any atom is 0.263 e. The van der Waals surface area contributed by atoms with Crippen molar-refractivity contribution in [2.24, 2.45) is 0 Å². The molecule has 1 amide bonds. The third-order valence-corrected chi connectivity index (χ3v) is 5.03. The van der Waals surface area contributed by atoms with Gasteiger partial charge in [-0.2, -0.15) is 9.78 Å². The maximum atomic E-state index is 12.7. The molecular formula is C24H28N4O3. The van der Waals surface area contributed by atoms with Crippen LogP contribution in [0.4, 0.5) is 5.82 Å². The van der Waals surface area contributed by atoms with Crippen molar-refractivity contribution in [2.45, 2.75) is 52.1 Å². The largest absolute Gasteiger partial charge is 0.483 e. The Morgan fingerprint density at radius 2 is 2.03 bits per heavy atom. The molecule has 0 bridgehead atoms. The average molecular weight is 421 g/mol. The normalized spacial score (nSPS) is 14.6. The number of carbonyl (C=O) groups excluding carboxylic acids is 1. The molecule has 1 aliphatic rings. The fourth-order valence-corrected chi connectivity index (χ4v) is 3.51. The number of hydrogen-bond donors (Lipinski definition) is 1. The van der Waals surface area contributed by atoms with Gasteiger partial charge < -0.3 is 14.8 Å². The highest BCUT2D eigenvalue weighted by molar-refractivity contribution is 5.91. The van der Waals surface area contributed by atoms with Crippen LogP contribution in [0.1, 0.15) is 45.9 Å². The standard InChI is InChI=1S/C24H28N4O3/c1-23(2,3)18-13-20(28(27-18)19-11-6-7-12-25-19)26-21(29)15-30-17-10-8-9-16-14-24(4,5)31-22(16)17/h6-13H,14-15H2,1-5H3,(H,26,29). The van der Waals surface area contributed by atoms with Crippen molar-refractivity contribution in [1.29, 1.82) is 0 Å². The van der Waals surface area contributed by atoms with Crippen LogP contribution in [0.3, 0.4) is 0 Å². The van der Waals surface area contributed by atoms with Crippen LogP contribution in [0.25, 0.3) is 5.82 Å². The second kappa shape index (κ2) is 7.72. The first kappa shape index (κ1) is 20.9. The lowest BCUT2D eigenvalue weighted by atomic mass is 9.92. The summed E-state index contributed by atoms with van der Waals surface area (Å²) in [6.07, 6.45) is 2.50. The Hall–Kier alpha value is -3.35. The summed E-state index contributed by atoms with van der Waals surface area (Å²) in [6, 6.07) is 13.2. The summed E-state index contributed by atoms with van der Waals surface area (Å²) in [6.45, 7) is 10.2. The number of ether oxygens (including phenoxy) is 2. The number of nitrogens with zero attached hydrogens (tertiary/aromatic N) is 3. The van der Waals surface area contributed by atoms with E-state index in [-0.39, 0.29) is 23.5 Å². The topological polar surface area (TPSA) is 78.3 Å². The Kier molecular flexibility index (Phi) is 5.21. The van der Waals surface area contributed by atoms with Gasteiger partial charge in [-0.25, -0.2) is 4.98 Å².